The molecule has 1 amide bonds. The molecule has 0 saturated heterocycles. The van der Waals surface area contributed by atoms with E-state index < -0.39 is 18.0 Å². The summed E-state index contributed by atoms with van der Waals surface area (Å²) in [6.45, 7) is 1.49. The summed E-state index contributed by atoms with van der Waals surface area (Å²) in [6, 6.07) is 3.83. The van der Waals surface area contributed by atoms with E-state index in [1.54, 1.807) is 11.3 Å². The number of nitrogens with two attached hydrogens (primary N) is 1. The fourth-order valence-electron chi connectivity index (χ4n) is 2.69. The predicted octanol–water partition coefficient (Wildman–Crippen LogP) is 2.45. The van der Waals surface area contributed by atoms with E-state index in [-0.39, 0.29) is 0 Å². The van der Waals surface area contributed by atoms with Crippen LogP contribution in [0.25, 0.3) is 5.00 Å². The minimum absolute atomic E-state index is 0.464. The third-order valence-corrected chi connectivity index (χ3v) is 5.19. The largest absolute Gasteiger partial charge is 0.449 e. The van der Waals surface area contributed by atoms with E-state index in [2.05, 4.69) is 0 Å². The molecule has 0 fully saturated rings. The molecule has 0 spiro atoms. The van der Waals surface area contributed by atoms with Crippen molar-refractivity contribution in [3.63, 3.8) is 0 Å². The molecule has 0 unspecified atom stereocenters. The molecule has 2 heterocycles. The number of fused-ring (bicyclic) bond motifs is 1. The maximum atomic E-state index is 12.6. The highest BCUT2D eigenvalue weighted by Crippen LogP contribution is 2.37. The molecule has 116 valence electrons. The molecule has 1 atom stereocenters. The van der Waals surface area contributed by atoms with Gasteiger partial charge < -0.3 is 15.0 Å². The molecule has 0 radical (unpaired) electrons. The van der Waals surface area contributed by atoms with Gasteiger partial charge in [0.05, 0.1) is 5.56 Å². The normalized spacial score (nSPS) is 15.1. The Morgan fingerprint density at radius 2 is 1.95 bits per heavy atom. The molecule has 5 nitrogen and oxygen atoms in total. The Morgan fingerprint density at radius 3 is 2.64 bits per heavy atom. The summed E-state index contributed by atoms with van der Waals surface area (Å²) in [5, 5.41) is 0.860. The molecule has 0 aromatic carbocycles. The summed E-state index contributed by atoms with van der Waals surface area (Å²) >= 11 is 1.63. The highest BCUT2D eigenvalue weighted by Gasteiger charge is 2.28. The highest BCUT2D eigenvalue weighted by atomic mass is 32.1. The maximum absolute atomic E-state index is 12.6. The van der Waals surface area contributed by atoms with Crippen LogP contribution in [0.3, 0.4) is 0 Å². The van der Waals surface area contributed by atoms with Crippen LogP contribution in [0, 0.1) is 0 Å². The molecule has 2 N–H and O–H groups in total. The zero-order valence-corrected chi connectivity index (χ0v) is 13.2. The Labute approximate surface area is 132 Å². The molecule has 1 aliphatic carbocycles. The molecule has 6 heteroatoms. The first-order chi connectivity index (χ1) is 10.6. The number of carbonyl (C=O) groups is 2. The third-order valence-electron chi connectivity index (χ3n) is 3.88. The van der Waals surface area contributed by atoms with Gasteiger partial charge in [-0.3, -0.25) is 4.79 Å². The van der Waals surface area contributed by atoms with Crippen LogP contribution in [-0.2, 0) is 22.4 Å². The van der Waals surface area contributed by atoms with Crippen molar-refractivity contribution < 1.29 is 14.3 Å². The van der Waals surface area contributed by atoms with Gasteiger partial charge in [-0.2, -0.15) is 0 Å². The third kappa shape index (κ3) is 2.66. The SMILES string of the molecule is C[C@H](OC(=O)c1c(-n2cccc2)sc2c1CCCC2)C(N)=O. The number of nitrogens with zero attached hydrogens (tertiary/aromatic N) is 1. The number of hydrogen-bond acceptors (Lipinski definition) is 4. The van der Waals surface area contributed by atoms with E-state index in [1.807, 2.05) is 29.1 Å². The van der Waals surface area contributed by atoms with Crippen LogP contribution >= 0.6 is 11.3 Å². The molecule has 0 aliphatic heterocycles. The van der Waals surface area contributed by atoms with Crippen LogP contribution in [0.15, 0.2) is 24.5 Å². The maximum Gasteiger partial charge on any atom is 0.342 e. The van der Waals surface area contributed by atoms with Crippen LogP contribution in [-0.4, -0.2) is 22.5 Å². The van der Waals surface area contributed by atoms with Gasteiger partial charge in [-0.15, -0.1) is 11.3 Å². The minimum Gasteiger partial charge on any atom is -0.449 e. The first-order valence-electron chi connectivity index (χ1n) is 7.36. The molecular weight excluding hydrogens is 300 g/mol. The summed E-state index contributed by atoms with van der Waals surface area (Å²) in [5.41, 5.74) is 6.85. The Hall–Kier alpha value is -2.08. The van der Waals surface area contributed by atoms with E-state index >= 15 is 0 Å². The molecule has 0 saturated carbocycles. The van der Waals surface area contributed by atoms with Crippen LogP contribution in [0.2, 0.25) is 0 Å². The van der Waals surface area contributed by atoms with E-state index in [0.717, 1.165) is 36.2 Å². The number of hydrogen-bond donors (Lipinski definition) is 1. The van der Waals surface area contributed by atoms with Crippen LogP contribution in [0.1, 0.15) is 40.6 Å². The second kappa shape index (κ2) is 5.96. The summed E-state index contributed by atoms with van der Waals surface area (Å²) in [5.74, 6) is -1.10. The standard InChI is InChI=1S/C16H18N2O3S/c1-10(14(17)19)21-16(20)13-11-6-2-3-7-12(11)22-15(13)18-8-4-5-9-18/h4-5,8-10H,2-3,6-7H2,1H3,(H2,17,19)/t10-/m0/s1. The smallest absolute Gasteiger partial charge is 0.342 e. The van der Waals surface area contributed by atoms with E-state index in [4.69, 9.17) is 10.5 Å². The molecular formula is C16H18N2O3S. The zero-order valence-electron chi connectivity index (χ0n) is 12.4. The quantitative estimate of drug-likeness (QED) is 0.880. The van der Waals surface area contributed by atoms with Crippen molar-refractivity contribution in [3.8, 4) is 5.00 Å². The number of thiophene rings is 1. The summed E-state index contributed by atoms with van der Waals surface area (Å²) in [6.07, 6.45) is 6.97. The molecule has 1 aliphatic rings. The fourth-order valence-corrected chi connectivity index (χ4v) is 4.03. The Balaban J connectivity index is 2.02. The van der Waals surface area contributed by atoms with Gasteiger partial charge in [-0.25, -0.2) is 4.79 Å². The van der Waals surface area contributed by atoms with Crippen molar-refractivity contribution in [3.05, 3.63) is 40.5 Å². The number of aromatic nitrogens is 1. The fraction of sp³-hybridized carbons (Fsp3) is 0.375. The van der Waals surface area contributed by atoms with Gasteiger partial charge in [-0.1, -0.05) is 0 Å². The molecule has 22 heavy (non-hydrogen) atoms. The number of esters is 1. The topological polar surface area (TPSA) is 74.3 Å². The van der Waals surface area contributed by atoms with Gasteiger partial charge in [0.15, 0.2) is 6.10 Å². The number of amides is 1. The van der Waals surface area contributed by atoms with Gasteiger partial charge in [-0.05, 0) is 50.3 Å². The lowest BCUT2D eigenvalue weighted by Crippen LogP contribution is -2.31. The average Bonchev–Trinajstić information content (AvgIpc) is 3.13. The van der Waals surface area contributed by atoms with Gasteiger partial charge >= 0.3 is 5.97 Å². The first kappa shape index (κ1) is 14.8. The number of rotatable bonds is 4. The summed E-state index contributed by atoms with van der Waals surface area (Å²) in [7, 11) is 0. The molecule has 0 bridgehead atoms. The average molecular weight is 318 g/mol. The van der Waals surface area contributed by atoms with Crippen molar-refractivity contribution >= 4 is 23.2 Å². The van der Waals surface area contributed by atoms with Crippen LogP contribution in [0.5, 0.6) is 0 Å². The summed E-state index contributed by atoms with van der Waals surface area (Å²) < 4.78 is 7.17. The van der Waals surface area contributed by atoms with E-state index in [9.17, 15) is 9.59 Å². The molecule has 3 rings (SSSR count). The number of carbonyl (C=O) groups excluding carboxylic acids is 2. The van der Waals surface area contributed by atoms with Gasteiger partial charge in [0.1, 0.15) is 5.00 Å². The Kier molecular flexibility index (Phi) is 4.02. The lowest BCUT2D eigenvalue weighted by atomic mass is 9.95. The Bertz CT molecular complexity index is 703. The lowest BCUT2D eigenvalue weighted by molar-refractivity contribution is -0.125. The van der Waals surface area contributed by atoms with Crippen molar-refractivity contribution in [2.75, 3.05) is 0 Å². The van der Waals surface area contributed by atoms with Crippen molar-refractivity contribution in [2.45, 2.75) is 38.7 Å². The second-order valence-corrected chi connectivity index (χ2v) is 6.51. The van der Waals surface area contributed by atoms with Gasteiger partial charge in [0, 0.05) is 17.3 Å². The highest BCUT2D eigenvalue weighted by molar-refractivity contribution is 7.15. The monoisotopic (exact) mass is 318 g/mol. The lowest BCUT2D eigenvalue weighted by Gasteiger charge is -2.14. The number of ether oxygens (including phenoxy) is 1. The van der Waals surface area contributed by atoms with Crippen LogP contribution < -0.4 is 5.73 Å². The number of primary amides is 1. The number of aryl methyl sites for hydroxylation is 1. The van der Waals surface area contributed by atoms with Crippen molar-refractivity contribution in [1.82, 2.24) is 4.57 Å². The second-order valence-electron chi connectivity index (χ2n) is 5.43. The minimum atomic E-state index is -0.927. The molecule has 2 aromatic heterocycles. The van der Waals surface area contributed by atoms with E-state index in [0.29, 0.717) is 5.56 Å². The first-order valence-corrected chi connectivity index (χ1v) is 8.17. The van der Waals surface area contributed by atoms with Crippen molar-refractivity contribution in [2.24, 2.45) is 5.73 Å². The van der Waals surface area contributed by atoms with E-state index in [1.165, 1.54) is 11.8 Å². The summed E-state index contributed by atoms with van der Waals surface area (Å²) in [4.78, 5) is 25.0. The van der Waals surface area contributed by atoms with Gasteiger partial charge in [0.25, 0.3) is 5.91 Å². The zero-order chi connectivity index (χ0) is 15.7. The Morgan fingerprint density at radius 1 is 1.27 bits per heavy atom. The van der Waals surface area contributed by atoms with Crippen molar-refractivity contribution in [1.29, 1.82) is 0 Å². The van der Waals surface area contributed by atoms with Gasteiger partial charge in [0.2, 0.25) is 0 Å². The molecule has 2 aromatic rings. The predicted molar refractivity (Wildman–Crippen MR) is 84.4 cm³/mol. The van der Waals surface area contributed by atoms with Crippen LogP contribution in [0.4, 0.5) is 0 Å².